The van der Waals surface area contributed by atoms with E-state index in [2.05, 4.69) is 234 Å². The van der Waals surface area contributed by atoms with Crippen molar-refractivity contribution in [1.82, 2.24) is 19.5 Å². The molecular weight excluding hydrogens is 899 g/mol. The molecule has 3 aliphatic carbocycles. The van der Waals surface area contributed by atoms with Crippen LogP contribution in [0.4, 0.5) is 11.4 Å². The Balaban J connectivity index is 1.11. The van der Waals surface area contributed by atoms with Gasteiger partial charge in [-0.2, -0.15) is 0 Å². The lowest BCUT2D eigenvalue weighted by atomic mass is 9.84. The summed E-state index contributed by atoms with van der Waals surface area (Å²) in [4.78, 5) is 18.5. The minimum Gasteiger partial charge on any atom is -0.333 e. The number of hydrogen-bond donors (Lipinski definition) is 0. The highest BCUT2D eigenvalue weighted by Gasteiger charge is 2.39. The van der Waals surface area contributed by atoms with Gasteiger partial charge in [-0.25, -0.2) is 15.0 Å². The van der Waals surface area contributed by atoms with Gasteiger partial charge in [0.05, 0.1) is 22.6 Å². The highest BCUT2D eigenvalue weighted by Crippen LogP contribution is 2.52. The molecule has 4 unspecified atom stereocenters. The van der Waals surface area contributed by atoms with Gasteiger partial charge in [-0.15, -0.1) is 0 Å². The Hall–Kier alpha value is -9.19. The molecule has 4 aliphatic rings. The van der Waals surface area contributed by atoms with E-state index < -0.39 is 0 Å². The fourth-order valence-corrected chi connectivity index (χ4v) is 12.0. The molecule has 352 valence electrons. The van der Waals surface area contributed by atoms with E-state index in [9.17, 15) is 0 Å². The van der Waals surface area contributed by atoms with Crippen molar-refractivity contribution >= 4 is 34.4 Å². The second-order valence-corrected chi connectivity index (χ2v) is 19.7. The summed E-state index contributed by atoms with van der Waals surface area (Å²) in [6, 6.07) is 72.4. The number of nitrogens with zero attached hydrogens (tertiary/aromatic N) is 5. The van der Waals surface area contributed by atoms with Gasteiger partial charge in [0.25, 0.3) is 0 Å². The molecule has 2 aromatic heterocycles. The second-order valence-electron chi connectivity index (χ2n) is 19.7. The van der Waals surface area contributed by atoms with Gasteiger partial charge in [0, 0.05) is 56.4 Å². The Morgan fingerprint density at radius 2 is 1.08 bits per heavy atom. The average Bonchev–Trinajstić information content (AvgIpc) is 4.01. The van der Waals surface area contributed by atoms with E-state index in [1.54, 1.807) is 0 Å². The lowest BCUT2D eigenvalue weighted by Gasteiger charge is -2.28. The van der Waals surface area contributed by atoms with Crippen LogP contribution in [0.15, 0.2) is 249 Å². The Bertz CT molecular complexity index is 3970. The zero-order chi connectivity index (χ0) is 49.0. The van der Waals surface area contributed by atoms with Crippen LogP contribution in [0.3, 0.4) is 0 Å². The molecule has 0 amide bonds. The van der Waals surface area contributed by atoms with Crippen molar-refractivity contribution in [3.63, 3.8) is 0 Å². The predicted molar refractivity (Wildman–Crippen MR) is 305 cm³/mol. The smallest absolute Gasteiger partial charge is 0.166 e. The Morgan fingerprint density at radius 1 is 0.432 bits per heavy atom. The molecule has 3 heterocycles. The van der Waals surface area contributed by atoms with Crippen molar-refractivity contribution in [1.29, 1.82) is 0 Å². The van der Waals surface area contributed by atoms with Crippen LogP contribution in [-0.4, -0.2) is 25.6 Å². The molecule has 10 aromatic rings. The van der Waals surface area contributed by atoms with Crippen LogP contribution < -0.4 is 15.5 Å². The Morgan fingerprint density at radius 3 is 1.78 bits per heavy atom. The third-order valence-corrected chi connectivity index (χ3v) is 15.4. The first-order chi connectivity index (χ1) is 36.7. The molecular formula is C69H51N5. The number of hydrogen-bond acceptors (Lipinski definition) is 4. The quantitative estimate of drug-likeness (QED) is 0.145. The van der Waals surface area contributed by atoms with Crippen LogP contribution >= 0.6 is 0 Å². The zero-order valence-corrected chi connectivity index (χ0v) is 40.8. The van der Waals surface area contributed by atoms with Gasteiger partial charge >= 0.3 is 0 Å². The summed E-state index contributed by atoms with van der Waals surface area (Å²) < 4.78 is 2.56. The number of fused-ring (bicyclic) bond motifs is 6. The van der Waals surface area contributed by atoms with Crippen molar-refractivity contribution in [3.8, 4) is 62.1 Å². The summed E-state index contributed by atoms with van der Waals surface area (Å²) in [7, 11) is 0. The maximum absolute atomic E-state index is 5.41. The molecule has 14 rings (SSSR count). The van der Waals surface area contributed by atoms with Crippen LogP contribution in [-0.2, 0) is 0 Å². The van der Waals surface area contributed by atoms with Crippen LogP contribution in [0.1, 0.15) is 47.3 Å². The average molecular weight is 950 g/mol. The molecule has 0 spiro atoms. The van der Waals surface area contributed by atoms with E-state index in [1.165, 1.54) is 60.7 Å². The largest absolute Gasteiger partial charge is 0.333 e. The number of para-hydroxylation sites is 1. The summed E-state index contributed by atoms with van der Waals surface area (Å²) in [6.07, 6.45) is 25.0. The first kappa shape index (κ1) is 43.6. The van der Waals surface area contributed by atoms with Gasteiger partial charge in [0.2, 0.25) is 0 Å². The Labute approximate surface area is 431 Å². The minimum absolute atomic E-state index is 0.146. The van der Waals surface area contributed by atoms with Gasteiger partial charge in [0.15, 0.2) is 17.5 Å². The van der Waals surface area contributed by atoms with Crippen molar-refractivity contribution in [2.24, 2.45) is 0 Å². The SMILES string of the molecule is C1=CCC(c2ccc(-c3nc(-c4ccccc4)nc(-c4ccccc4)n3)c(-n3c4c(c5c(-c6cccc7c6C6C=CC=CC6N7c6ccccc6)cc(-c6ccccc6)cc53)=CCC(c3ccccc3)C=4)c2)C=C1. The predicted octanol–water partition coefficient (Wildman–Crippen LogP) is 15.2. The fraction of sp³-hybridized carbons (Fsp3) is 0.0870. The monoisotopic (exact) mass is 949 g/mol. The van der Waals surface area contributed by atoms with Crippen molar-refractivity contribution in [2.75, 3.05) is 4.90 Å². The summed E-state index contributed by atoms with van der Waals surface area (Å²) in [5.41, 5.74) is 16.1. The maximum Gasteiger partial charge on any atom is 0.166 e. The third-order valence-electron chi connectivity index (χ3n) is 15.4. The maximum atomic E-state index is 5.41. The van der Waals surface area contributed by atoms with E-state index in [0.29, 0.717) is 17.5 Å². The molecule has 4 atom stereocenters. The van der Waals surface area contributed by atoms with Crippen molar-refractivity contribution in [3.05, 3.63) is 276 Å². The molecule has 5 nitrogen and oxygen atoms in total. The number of rotatable bonds is 9. The van der Waals surface area contributed by atoms with Gasteiger partial charge in [0.1, 0.15) is 0 Å². The second kappa shape index (κ2) is 18.4. The minimum atomic E-state index is 0.146. The molecule has 8 aromatic carbocycles. The summed E-state index contributed by atoms with van der Waals surface area (Å²) in [5.74, 6) is 2.41. The van der Waals surface area contributed by atoms with Crippen LogP contribution in [0, 0.1) is 0 Å². The third kappa shape index (κ3) is 7.59. The molecule has 5 heteroatoms. The molecule has 0 bridgehead atoms. The van der Waals surface area contributed by atoms with E-state index in [0.717, 1.165) is 46.3 Å². The number of benzene rings is 8. The lowest BCUT2D eigenvalue weighted by molar-refractivity contribution is 0.745. The summed E-state index contributed by atoms with van der Waals surface area (Å²) in [5, 5.41) is 3.65. The summed E-state index contributed by atoms with van der Waals surface area (Å²) >= 11 is 0. The standard InChI is InChI=1S/C69H51N5/c1-7-22-46(23-8-1)51-38-40-57-62(43-51)74(63-44-52(47-24-9-2-10-25-47)39-41-58(63)69-71-67(49-28-13-4-14-29-49)70-68(72-69)50-30-15-5-16-31-50)64-45-53(48-26-11-3-12-27-48)42-59(66(57)64)55-35-21-37-61-65(55)56-34-19-20-36-60(56)73(61)54-32-17-6-18-33-54/h1-24,26-37,39-45,47,51,56,60H,25,38H2. The molecule has 0 radical (unpaired) electrons. The highest BCUT2D eigenvalue weighted by atomic mass is 15.2. The van der Waals surface area contributed by atoms with E-state index in [-0.39, 0.29) is 23.8 Å². The number of anilines is 2. The molecule has 0 saturated heterocycles. The van der Waals surface area contributed by atoms with Gasteiger partial charge in [-0.3, -0.25) is 0 Å². The van der Waals surface area contributed by atoms with Gasteiger partial charge in [-0.1, -0.05) is 218 Å². The van der Waals surface area contributed by atoms with Crippen molar-refractivity contribution in [2.45, 2.75) is 36.6 Å². The van der Waals surface area contributed by atoms with Crippen molar-refractivity contribution < 1.29 is 0 Å². The topological polar surface area (TPSA) is 46.8 Å². The van der Waals surface area contributed by atoms with Crippen LogP contribution in [0.2, 0.25) is 0 Å². The first-order valence-electron chi connectivity index (χ1n) is 25.9. The lowest BCUT2D eigenvalue weighted by Crippen LogP contribution is -2.32. The molecule has 0 saturated carbocycles. The molecule has 1 aliphatic heterocycles. The number of allylic oxidation sites excluding steroid dienone is 6. The van der Waals surface area contributed by atoms with Crippen LogP contribution in [0.5, 0.6) is 0 Å². The highest BCUT2D eigenvalue weighted by molar-refractivity contribution is 6.03. The van der Waals surface area contributed by atoms with Gasteiger partial charge < -0.3 is 9.47 Å². The molecule has 0 N–H and O–H groups in total. The van der Waals surface area contributed by atoms with E-state index >= 15 is 0 Å². The fourth-order valence-electron chi connectivity index (χ4n) is 12.0. The number of aromatic nitrogens is 4. The summed E-state index contributed by atoms with van der Waals surface area (Å²) in [6.45, 7) is 0. The molecule has 74 heavy (non-hydrogen) atoms. The van der Waals surface area contributed by atoms with Crippen LogP contribution in [0.25, 0.3) is 85.2 Å². The van der Waals surface area contributed by atoms with E-state index in [1.807, 2.05) is 36.4 Å². The van der Waals surface area contributed by atoms with Gasteiger partial charge in [-0.05, 0) is 94.3 Å². The normalized spacial score (nSPS) is 18.1. The molecule has 0 fully saturated rings. The first-order valence-corrected chi connectivity index (χ1v) is 25.9. The van der Waals surface area contributed by atoms with E-state index in [4.69, 9.17) is 15.0 Å². The Kier molecular flexibility index (Phi) is 10.9. The zero-order valence-electron chi connectivity index (χ0n) is 40.8.